The molecular weight excluding hydrogens is 412 g/mol. The molecule has 0 atom stereocenters. The summed E-state index contributed by atoms with van der Waals surface area (Å²) in [6, 6.07) is 13.8. The Morgan fingerprint density at radius 3 is 2.52 bits per heavy atom. The van der Waals surface area contributed by atoms with Crippen LogP contribution < -0.4 is 19.5 Å². The predicted molar refractivity (Wildman–Crippen MR) is 125 cm³/mol. The Kier molecular flexibility index (Phi) is 8.00. The standard InChI is InChI=1S/C24H28N2O4S/c1-5-17-13-18-7-8-19(28-2)14-20(18)26-24(17)31-15-23(27)25-11-10-16-6-9-21(29-3)22(12-16)30-4/h6-9,12-14H,5,10-11,15H2,1-4H3,(H,25,27). The number of rotatable bonds is 10. The van der Waals surface area contributed by atoms with Gasteiger partial charge < -0.3 is 19.5 Å². The Morgan fingerprint density at radius 2 is 1.81 bits per heavy atom. The highest BCUT2D eigenvalue weighted by atomic mass is 32.2. The number of fused-ring (bicyclic) bond motifs is 1. The highest BCUT2D eigenvalue weighted by Gasteiger charge is 2.11. The summed E-state index contributed by atoms with van der Waals surface area (Å²) < 4.78 is 15.9. The molecule has 0 unspecified atom stereocenters. The molecule has 1 N–H and O–H groups in total. The topological polar surface area (TPSA) is 69.7 Å². The molecule has 0 saturated heterocycles. The largest absolute Gasteiger partial charge is 0.497 e. The van der Waals surface area contributed by atoms with E-state index in [2.05, 4.69) is 18.3 Å². The van der Waals surface area contributed by atoms with Gasteiger partial charge in [-0.05, 0) is 54.3 Å². The molecule has 0 aliphatic heterocycles. The molecule has 0 aliphatic carbocycles. The number of carbonyl (C=O) groups excluding carboxylic acids is 1. The van der Waals surface area contributed by atoms with Gasteiger partial charge in [-0.15, -0.1) is 0 Å². The van der Waals surface area contributed by atoms with E-state index >= 15 is 0 Å². The van der Waals surface area contributed by atoms with E-state index in [1.807, 2.05) is 36.4 Å². The summed E-state index contributed by atoms with van der Waals surface area (Å²) in [6.07, 6.45) is 1.57. The molecule has 0 bridgehead atoms. The van der Waals surface area contributed by atoms with Gasteiger partial charge in [0.1, 0.15) is 10.8 Å². The zero-order valence-electron chi connectivity index (χ0n) is 18.4. The first-order chi connectivity index (χ1) is 15.1. The summed E-state index contributed by atoms with van der Waals surface area (Å²) in [5, 5.41) is 4.94. The van der Waals surface area contributed by atoms with Crippen molar-refractivity contribution < 1.29 is 19.0 Å². The fraction of sp³-hybridized carbons (Fsp3) is 0.333. The van der Waals surface area contributed by atoms with Crippen molar-refractivity contribution in [2.45, 2.75) is 24.8 Å². The van der Waals surface area contributed by atoms with Gasteiger partial charge in [0.2, 0.25) is 5.91 Å². The zero-order valence-corrected chi connectivity index (χ0v) is 19.2. The van der Waals surface area contributed by atoms with Gasteiger partial charge in [-0.2, -0.15) is 0 Å². The average molecular weight is 441 g/mol. The number of ether oxygens (including phenoxy) is 3. The molecule has 3 aromatic rings. The van der Waals surface area contributed by atoms with E-state index in [-0.39, 0.29) is 5.91 Å². The van der Waals surface area contributed by atoms with Gasteiger partial charge in [0.05, 0.1) is 32.6 Å². The summed E-state index contributed by atoms with van der Waals surface area (Å²) in [5.41, 5.74) is 3.08. The molecule has 0 radical (unpaired) electrons. The van der Waals surface area contributed by atoms with Crippen LogP contribution in [0.3, 0.4) is 0 Å². The first-order valence-electron chi connectivity index (χ1n) is 10.2. The second-order valence-corrected chi connectivity index (χ2v) is 7.91. The molecule has 1 aromatic heterocycles. The Balaban J connectivity index is 1.57. The van der Waals surface area contributed by atoms with Crippen LogP contribution in [0.4, 0.5) is 0 Å². The number of pyridine rings is 1. The van der Waals surface area contributed by atoms with Gasteiger partial charge in [-0.3, -0.25) is 4.79 Å². The fourth-order valence-corrected chi connectivity index (χ4v) is 4.17. The summed E-state index contributed by atoms with van der Waals surface area (Å²) in [7, 11) is 4.87. The number of hydrogen-bond donors (Lipinski definition) is 1. The third kappa shape index (κ3) is 5.82. The molecule has 0 saturated carbocycles. The van der Waals surface area contributed by atoms with E-state index in [1.165, 1.54) is 11.8 Å². The molecule has 31 heavy (non-hydrogen) atoms. The third-order valence-corrected chi connectivity index (χ3v) is 6.00. The summed E-state index contributed by atoms with van der Waals surface area (Å²) >= 11 is 1.46. The van der Waals surface area contributed by atoms with Crippen LogP contribution in [-0.4, -0.2) is 44.5 Å². The van der Waals surface area contributed by atoms with Gasteiger partial charge in [0.15, 0.2) is 11.5 Å². The van der Waals surface area contributed by atoms with Gasteiger partial charge in [-0.1, -0.05) is 24.8 Å². The van der Waals surface area contributed by atoms with Crippen LogP contribution in [0.5, 0.6) is 17.2 Å². The lowest BCUT2D eigenvalue weighted by molar-refractivity contribution is -0.118. The van der Waals surface area contributed by atoms with E-state index in [1.54, 1.807) is 21.3 Å². The van der Waals surface area contributed by atoms with Crippen molar-refractivity contribution in [2.75, 3.05) is 33.6 Å². The Bertz CT molecular complexity index is 1060. The van der Waals surface area contributed by atoms with Crippen molar-refractivity contribution in [1.29, 1.82) is 0 Å². The van der Waals surface area contributed by atoms with Crippen molar-refractivity contribution in [2.24, 2.45) is 0 Å². The molecule has 2 aromatic carbocycles. The third-order valence-electron chi connectivity index (χ3n) is 4.97. The van der Waals surface area contributed by atoms with Crippen LogP contribution in [0, 0.1) is 0 Å². The number of benzene rings is 2. The first kappa shape index (κ1) is 22.7. The first-order valence-corrected chi connectivity index (χ1v) is 11.1. The predicted octanol–water partition coefficient (Wildman–Crippen LogP) is 4.27. The van der Waals surface area contributed by atoms with E-state index in [0.29, 0.717) is 30.2 Å². The van der Waals surface area contributed by atoms with Gasteiger partial charge in [0, 0.05) is 18.0 Å². The number of methoxy groups -OCH3 is 3. The number of amides is 1. The molecule has 164 valence electrons. The minimum absolute atomic E-state index is 0.0138. The zero-order chi connectivity index (χ0) is 22.2. The van der Waals surface area contributed by atoms with E-state index in [4.69, 9.17) is 19.2 Å². The maximum absolute atomic E-state index is 12.4. The van der Waals surface area contributed by atoms with Crippen LogP contribution in [0.25, 0.3) is 10.9 Å². The number of nitrogens with zero attached hydrogens (tertiary/aromatic N) is 1. The fourth-order valence-electron chi connectivity index (χ4n) is 3.25. The molecule has 3 rings (SSSR count). The summed E-state index contributed by atoms with van der Waals surface area (Å²) in [6.45, 7) is 2.65. The summed E-state index contributed by atoms with van der Waals surface area (Å²) in [4.78, 5) is 17.1. The highest BCUT2D eigenvalue weighted by molar-refractivity contribution is 7.99. The minimum Gasteiger partial charge on any atom is -0.497 e. The van der Waals surface area contributed by atoms with Crippen LogP contribution >= 0.6 is 11.8 Å². The number of aryl methyl sites for hydroxylation is 1. The SMILES string of the molecule is CCc1cc2ccc(OC)cc2nc1SCC(=O)NCCc1ccc(OC)c(OC)c1. The monoisotopic (exact) mass is 440 g/mol. The Labute approximate surface area is 187 Å². The van der Waals surface area contributed by atoms with Crippen LogP contribution in [0.2, 0.25) is 0 Å². The van der Waals surface area contributed by atoms with Crippen molar-refractivity contribution in [3.63, 3.8) is 0 Å². The maximum atomic E-state index is 12.4. The van der Waals surface area contributed by atoms with Crippen LogP contribution in [0.1, 0.15) is 18.1 Å². The molecule has 0 spiro atoms. The van der Waals surface area contributed by atoms with Gasteiger partial charge in [0.25, 0.3) is 0 Å². The lowest BCUT2D eigenvalue weighted by atomic mass is 10.1. The molecule has 0 aliphatic rings. The lowest BCUT2D eigenvalue weighted by Gasteiger charge is -2.11. The quantitative estimate of drug-likeness (QED) is 0.475. The van der Waals surface area contributed by atoms with Crippen LogP contribution in [0.15, 0.2) is 47.5 Å². The number of aromatic nitrogens is 1. The minimum atomic E-state index is -0.0138. The summed E-state index contributed by atoms with van der Waals surface area (Å²) in [5.74, 6) is 2.46. The van der Waals surface area contributed by atoms with Crippen molar-refractivity contribution in [3.05, 3.63) is 53.6 Å². The average Bonchev–Trinajstić information content (AvgIpc) is 2.81. The van der Waals surface area contributed by atoms with Crippen LogP contribution in [-0.2, 0) is 17.6 Å². The highest BCUT2D eigenvalue weighted by Crippen LogP contribution is 2.28. The molecular formula is C24H28N2O4S. The number of thioether (sulfide) groups is 1. The molecule has 0 fully saturated rings. The molecule has 1 heterocycles. The van der Waals surface area contributed by atoms with E-state index < -0.39 is 0 Å². The molecule has 7 heteroatoms. The van der Waals surface area contributed by atoms with Crippen molar-refractivity contribution in [3.8, 4) is 17.2 Å². The van der Waals surface area contributed by atoms with E-state index in [0.717, 1.165) is 39.2 Å². The molecule has 1 amide bonds. The Morgan fingerprint density at radius 1 is 1.00 bits per heavy atom. The van der Waals surface area contributed by atoms with Crippen molar-refractivity contribution in [1.82, 2.24) is 10.3 Å². The van der Waals surface area contributed by atoms with Gasteiger partial charge in [-0.25, -0.2) is 4.98 Å². The maximum Gasteiger partial charge on any atom is 0.230 e. The number of hydrogen-bond acceptors (Lipinski definition) is 6. The number of nitrogens with one attached hydrogen (secondary N) is 1. The second-order valence-electron chi connectivity index (χ2n) is 6.94. The number of carbonyl (C=O) groups is 1. The lowest BCUT2D eigenvalue weighted by Crippen LogP contribution is -2.27. The normalized spacial score (nSPS) is 10.7. The second kappa shape index (κ2) is 10.9. The smallest absolute Gasteiger partial charge is 0.230 e. The van der Waals surface area contributed by atoms with E-state index in [9.17, 15) is 4.79 Å². The molecule has 6 nitrogen and oxygen atoms in total. The van der Waals surface area contributed by atoms with Gasteiger partial charge >= 0.3 is 0 Å². The Hall–Kier alpha value is -2.93. The van der Waals surface area contributed by atoms with Crippen molar-refractivity contribution >= 4 is 28.6 Å².